The third kappa shape index (κ3) is 4.85. The van der Waals surface area contributed by atoms with E-state index in [2.05, 4.69) is 42.5 Å². The van der Waals surface area contributed by atoms with Crippen LogP contribution in [0.1, 0.15) is 46.5 Å². The number of alkyl halides is 2. The Hall–Kier alpha value is -4.46. The summed E-state index contributed by atoms with van der Waals surface area (Å²) in [5.41, 5.74) is -0.299. The highest BCUT2D eigenvalue weighted by molar-refractivity contribution is 6.31. The number of fused-ring (bicyclic) bond motifs is 1. The molecule has 1 N–H and O–H groups in total. The van der Waals surface area contributed by atoms with E-state index in [4.69, 9.17) is 11.6 Å². The smallest absolute Gasteiger partial charge is 0.277 e. The molecule has 3 atom stereocenters. The summed E-state index contributed by atoms with van der Waals surface area (Å²) in [4.78, 5) is 44.5. The maximum atomic E-state index is 14.8. The highest BCUT2D eigenvalue weighted by Crippen LogP contribution is 2.52. The monoisotopic (exact) mass is 597 g/mol. The van der Waals surface area contributed by atoms with Gasteiger partial charge in [-0.3, -0.25) is 24.5 Å². The largest absolute Gasteiger partial charge is 0.302 e. The van der Waals surface area contributed by atoms with Gasteiger partial charge in [-0.1, -0.05) is 29.8 Å². The molecule has 42 heavy (non-hydrogen) atoms. The van der Waals surface area contributed by atoms with E-state index in [1.165, 1.54) is 17.8 Å². The molecule has 0 unspecified atom stereocenters. The van der Waals surface area contributed by atoms with Crippen LogP contribution < -0.4 is 10.2 Å². The van der Waals surface area contributed by atoms with Crippen LogP contribution in [-0.2, 0) is 11.3 Å². The number of hydrogen-bond donors (Lipinski definition) is 1. The zero-order valence-electron chi connectivity index (χ0n) is 22.5. The Labute approximate surface area is 242 Å². The van der Waals surface area contributed by atoms with Crippen LogP contribution in [0.3, 0.4) is 0 Å². The number of halogens is 4. The quantitative estimate of drug-likeness (QED) is 0.332. The Morgan fingerprint density at radius 1 is 1.17 bits per heavy atom. The number of anilines is 2. The van der Waals surface area contributed by atoms with Crippen LogP contribution in [0.5, 0.6) is 0 Å². The third-order valence-corrected chi connectivity index (χ3v) is 7.92. The molecular formula is C27H23ClF3N9O2. The molecule has 1 aliphatic carbocycles. The summed E-state index contributed by atoms with van der Waals surface area (Å²) in [6.45, 7) is 6.21. The van der Waals surface area contributed by atoms with E-state index >= 15 is 0 Å². The van der Waals surface area contributed by atoms with Crippen molar-refractivity contribution in [2.45, 2.75) is 33.7 Å². The number of nitrogens with one attached hydrogen (secondary N) is 1. The summed E-state index contributed by atoms with van der Waals surface area (Å²) in [5, 5.41) is 10.1. The van der Waals surface area contributed by atoms with Crippen LogP contribution in [-0.4, -0.2) is 53.3 Å². The van der Waals surface area contributed by atoms with Gasteiger partial charge in [-0.2, -0.15) is 0 Å². The Morgan fingerprint density at radius 3 is 2.64 bits per heavy atom. The Kier molecular flexibility index (Phi) is 6.87. The lowest BCUT2D eigenvalue weighted by molar-refractivity contribution is -0.119. The first-order valence-corrected chi connectivity index (χ1v) is 13.4. The lowest BCUT2D eigenvalue weighted by Crippen LogP contribution is -2.31. The van der Waals surface area contributed by atoms with Crippen molar-refractivity contribution >= 4 is 35.1 Å². The summed E-state index contributed by atoms with van der Waals surface area (Å²) >= 11 is 5.82. The minimum Gasteiger partial charge on any atom is -0.302 e. The molecule has 1 saturated carbocycles. The van der Waals surface area contributed by atoms with Crippen molar-refractivity contribution in [2.24, 2.45) is 17.8 Å². The zero-order chi connectivity index (χ0) is 29.9. The van der Waals surface area contributed by atoms with Gasteiger partial charge >= 0.3 is 0 Å². The van der Waals surface area contributed by atoms with Gasteiger partial charge in [0.05, 0.1) is 52.9 Å². The zero-order valence-corrected chi connectivity index (χ0v) is 23.3. The third-order valence-electron chi connectivity index (χ3n) is 7.63. The van der Waals surface area contributed by atoms with Crippen LogP contribution >= 0.6 is 11.6 Å². The van der Waals surface area contributed by atoms with E-state index in [-0.39, 0.29) is 46.3 Å². The number of piperidine rings is 1. The lowest BCUT2D eigenvalue weighted by atomic mass is 10.0. The molecule has 216 valence electrons. The first-order valence-electron chi connectivity index (χ1n) is 13.0. The Morgan fingerprint density at radius 2 is 1.95 bits per heavy atom. The van der Waals surface area contributed by atoms with Crippen molar-refractivity contribution in [3.05, 3.63) is 69.9 Å². The predicted molar refractivity (Wildman–Crippen MR) is 144 cm³/mol. The van der Waals surface area contributed by atoms with Crippen LogP contribution in [0.25, 0.3) is 11.3 Å². The molecule has 2 aliphatic rings. The standard InChI is InChI=1S/C27H23ClF3N9O2/c1-11-16-9-40(27(42)20(11)16)25-13(3)34-14(6-33-25)8-39-10-19(37-38-39)36-26(41)23-12(2)32-7-18(35-23)21-15(24(30)31)4-5-17(28)22(21)29/h4-7,10-11,16,20,24H,8-9H2,1-3H3,(H,36,41)/t11-,16-,20+/m0/s1. The van der Waals surface area contributed by atoms with Gasteiger partial charge in [0, 0.05) is 23.6 Å². The van der Waals surface area contributed by atoms with E-state index < -0.39 is 29.3 Å². The van der Waals surface area contributed by atoms with Crippen molar-refractivity contribution < 1.29 is 22.8 Å². The molecule has 2 amide bonds. The first kappa shape index (κ1) is 27.7. The molecule has 1 saturated heterocycles. The van der Waals surface area contributed by atoms with Gasteiger partial charge in [0.1, 0.15) is 5.69 Å². The molecule has 1 aliphatic heterocycles. The van der Waals surface area contributed by atoms with Gasteiger partial charge in [-0.25, -0.2) is 27.8 Å². The van der Waals surface area contributed by atoms with Crippen LogP contribution in [0.15, 0.2) is 30.7 Å². The Balaban J connectivity index is 1.17. The molecule has 3 aromatic heterocycles. The van der Waals surface area contributed by atoms with Crippen LogP contribution in [0, 0.1) is 37.4 Å². The number of nitrogens with zero attached hydrogens (tertiary/aromatic N) is 8. The van der Waals surface area contributed by atoms with Gasteiger partial charge in [0.15, 0.2) is 17.5 Å². The van der Waals surface area contributed by atoms with Crippen LogP contribution in [0.4, 0.5) is 24.8 Å². The summed E-state index contributed by atoms with van der Waals surface area (Å²) in [6.07, 6.45) is 1.11. The summed E-state index contributed by atoms with van der Waals surface area (Å²) < 4.78 is 43.4. The first-order chi connectivity index (χ1) is 20.0. The summed E-state index contributed by atoms with van der Waals surface area (Å²) in [5.74, 6) is -0.242. The molecule has 15 heteroatoms. The molecule has 2 fully saturated rings. The van der Waals surface area contributed by atoms with E-state index in [0.717, 1.165) is 18.3 Å². The second kappa shape index (κ2) is 10.4. The average molecular weight is 598 g/mol. The number of aryl methyl sites for hydroxylation is 2. The topological polar surface area (TPSA) is 132 Å². The van der Waals surface area contributed by atoms with Gasteiger partial charge in [0.2, 0.25) is 5.91 Å². The minimum absolute atomic E-state index is 0.0751. The van der Waals surface area contributed by atoms with Crippen molar-refractivity contribution in [1.29, 1.82) is 0 Å². The molecule has 0 bridgehead atoms. The van der Waals surface area contributed by atoms with Crippen molar-refractivity contribution in [2.75, 3.05) is 16.8 Å². The molecule has 0 radical (unpaired) electrons. The fourth-order valence-electron chi connectivity index (χ4n) is 5.34. The van der Waals surface area contributed by atoms with Crippen molar-refractivity contribution in [1.82, 2.24) is 34.9 Å². The number of benzene rings is 1. The van der Waals surface area contributed by atoms with Crippen molar-refractivity contribution in [3.63, 3.8) is 0 Å². The minimum atomic E-state index is -3.01. The van der Waals surface area contributed by atoms with Crippen molar-refractivity contribution in [3.8, 4) is 11.3 Å². The fraction of sp³-hybridized carbons (Fsp3) is 0.333. The number of amides is 2. The second-order valence-electron chi connectivity index (χ2n) is 10.3. The highest BCUT2D eigenvalue weighted by Gasteiger charge is 2.59. The summed E-state index contributed by atoms with van der Waals surface area (Å²) in [7, 11) is 0. The fourth-order valence-corrected chi connectivity index (χ4v) is 5.49. The summed E-state index contributed by atoms with van der Waals surface area (Å²) in [6, 6.07) is 2.03. The number of aromatic nitrogens is 7. The van der Waals surface area contributed by atoms with Gasteiger partial charge in [0.25, 0.3) is 12.3 Å². The molecule has 4 aromatic rings. The normalized spacial score (nSPS) is 19.4. The van der Waals surface area contributed by atoms with Gasteiger partial charge in [-0.05, 0) is 31.7 Å². The van der Waals surface area contributed by atoms with E-state index in [1.54, 1.807) is 18.0 Å². The number of rotatable bonds is 7. The molecule has 11 nitrogen and oxygen atoms in total. The van der Waals surface area contributed by atoms with E-state index in [9.17, 15) is 22.8 Å². The number of carbonyl (C=O) groups excluding carboxylic acids is 2. The molecular weight excluding hydrogens is 575 g/mol. The molecule has 0 spiro atoms. The average Bonchev–Trinajstić information content (AvgIpc) is 3.21. The maximum absolute atomic E-state index is 14.8. The van der Waals surface area contributed by atoms with E-state index in [1.807, 2.05) is 0 Å². The predicted octanol–water partition coefficient (Wildman–Crippen LogP) is 4.40. The molecule has 6 rings (SSSR count). The molecule has 4 heterocycles. The number of hydrogen-bond acceptors (Lipinski definition) is 8. The second-order valence-corrected chi connectivity index (χ2v) is 10.7. The van der Waals surface area contributed by atoms with Gasteiger partial charge < -0.3 is 5.32 Å². The Bertz CT molecular complexity index is 1750. The molecule has 1 aromatic carbocycles. The maximum Gasteiger partial charge on any atom is 0.277 e. The number of carbonyl (C=O) groups is 2. The van der Waals surface area contributed by atoms with Crippen LogP contribution in [0.2, 0.25) is 5.02 Å². The SMILES string of the molecule is Cc1ncc(-c2c(C(F)F)ccc(Cl)c2F)nc1C(=O)Nc1cn(Cc2cnc(N3C[C@H]4[C@H](C)[C@H]4C3=O)c(C)n2)nn1. The van der Waals surface area contributed by atoms with E-state index in [0.29, 0.717) is 35.6 Å². The lowest BCUT2D eigenvalue weighted by Gasteiger charge is -2.20. The van der Waals surface area contributed by atoms with Gasteiger partial charge in [-0.15, -0.1) is 5.10 Å². The highest BCUT2D eigenvalue weighted by atomic mass is 35.5.